The highest BCUT2D eigenvalue weighted by molar-refractivity contribution is 5.83. The quantitative estimate of drug-likeness (QED) is 0.354. The molecule has 1 aromatic heterocycles. The van der Waals surface area contributed by atoms with Gasteiger partial charge < -0.3 is 15.4 Å². The van der Waals surface area contributed by atoms with Crippen LogP contribution in [0.2, 0.25) is 0 Å². The molecule has 0 amide bonds. The van der Waals surface area contributed by atoms with Crippen LogP contribution in [-0.2, 0) is 6.42 Å². The van der Waals surface area contributed by atoms with Crippen LogP contribution in [0.25, 0.3) is 10.9 Å². The Bertz CT molecular complexity index is 844. The minimum absolute atomic E-state index is 0.00894. The predicted octanol–water partition coefficient (Wildman–Crippen LogP) is 2.94. The van der Waals surface area contributed by atoms with Crippen LogP contribution in [0.5, 0.6) is 0 Å². The van der Waals surface area contributed by atoms with Crippen molar-refractivity contribution in [2.45, 2.75) is 12.5 Å². The second-order valence-electron chi connectivity index (χ2n) is 5.68. The highest BCUT2D eigenvalue weighted by Gasteiger charge is 2.12. The average molecular weight is 325 g/mol. The predicted molar refractivity (Wildman–Crippen MR) is 92.9 cm³/mol. The number of aromatic nitrogens is 1. The number of rotatable bonds is 7. The molecule has 3 N–H and O–H groups in total. The summed E-state index contributed by atoms with van der Waals surface area (Å²) in [5.41, 5.74) is 2.88. The molecule has 0 radical (unpaired) electrons. The van der Waals surface area contributed by atoms with Crippen molar-refractivity contribution in [1.82, 2.24) is 10.3 Å². The summed E-state index contributed by atoms with van der Waals surface area (Å²) < 4.78 is 0. The Labute approximate surface area is 139 Å². The number of nitro benzene ring substituents is 1. The van der Waals surface area contributed by atoms with Crippen molar-refractivity contribution in [3.8, 4) is 0 Å². The summed E-state index contributed by atoms with van der Waals surface area (Å²) >= 11 is 0. The molecule has 124 valence electrons. The molecule has 0 aliphatic heterocycles. The van der Waals surface area contributed by atoms with Crippen LogP contribution in [0.1, 0.15) is 17.2 Å². The van der Waals surface area contributed by atoms with Gasteiger partial charge in [0.15, 0.2) is 0 Å². The summed E-state index contributed by atoms with van der Waals surface area (Å²) in [6, 6.07) is 14.2. The maximum atomic E-state index is 10.8. The SMILES string of the molecule is O=[N+]([O-])c1cccc([C@H](O)CNCCc2c[nH]c3ccccc23)c1. The van der Waals surface area contributed by atoms with Gasteiger partial charge in [-0.05, 0) is 30.2 Å². The largest absolute Gasteiger partial charge is 0.387 e. The average Bonchev–Trinajstić information content (AvgIpc) is 3.02. The number of non-ortho nitro benzene ring substituents is 1. The third-order valence-electron chi connectivity index (χ3n) is 4.05. The fourth-order valence-corrected chi connectivity index (χ4v) is 2.76. The van der Waals surface area contributed by atoms with Crippen molar-refractivity contribution < 1.29 is 10.0 Å². The van der Waals surface area contributed by atoms with E-state index in [2.05, 4.69) is 16.4 Å². The van der Waals surface area contributed by atoms with Gasteiger partial charge >= 0.3 is 0 Å². The Kier molecular flexibility index (Phi) is 4.88. The van der Waals surface area contributed by atoms with Crippen LogP contribution in [0.15, 0.2) is 54.7 Å². The maximum absolute atomic E-state index is 10.8. The topological polar surface area (TPSA) is 91.2 Å². The maximum Gasteiger partial charge on any atom is 0.269 e. The van der Waals surface area contributed by atoms with E-state index in [1.807, 2.05) is 24.4 Å². The Balaban J connectivity index is 1.53. The lowest BCUT2D eigenvalue weighted by Gasteiger charge is -2.12. The van der Waals surface area contributed by atoms with Gasteiger partial charge in [-0.15, -0.1) is 0 Å². The van der Waals surface area contributed by atoms with E-state index < -0.39 is 11.0 Å². The number of nitro groups is 1. The molecule has 6 nitrogen and oxygen atoms in total. The van der Waals surface area contributed by atoms with Crippen LogP contribution in [0.3, 0.4) is 0 Å². The van der Waals surface area contributed by atoms with E-state index in [-0.39, 0.29) is 5.69 Å². The first-order valence-electron chi connectivity index (χ1n) is 7.83. The fraction of sp³-hybridized carbons (Fsp3) is 0.222. The molecule has 0 unspecified atom stereocenters. The van der Waals surface area contributed by atoms with E-state index in [9.17, 15) is 15.2 Å². The van der Waals surface area contributed by atoms with Gasteiger partial charge in [-0.1, -0.05) is 30.3 Å². The Morgan fingerprint density at radius 2 is 2.04 bits per heavy atom. The van der Waals surface area contributed by atoms with Crippen LogP contribution in [0.4, 0.5) is 5.69 Å². The van der Waals surface area contributed by atoms with Crippen molar-refractivity contribution >= 4 is 16.6 Å². The highest BCUT2D eigenvalue weighted by atomic mass is 16.6. The van der Waals surface area contributed by atoms with Gasteiger partial charge in [0.2, 0.25) is 0 Å². The van der Waals surface area contributed by atoms with Gasteiger partial charge in [0.1, 0.15) is 0 Å². The van der Waals surface area contributed by atoms with Crippen molar-refractivity contribution in [2.24, 2.45) is 0 Å². The van der Waals surface area contributed by atoms with Gasteiger partial charge in [-0.2, -0.15) is 0 Å². The molecule has 0 spiro atoms. The molecule has 2 aromatic carbocycles. The number of para-hydroxylation sites is 1. The van der Waals surface area contributed by atoms with Crippen molar-refractivity contribution in [3.05, 3.63) is 76.0 Å². The molecule has 3 aromatic rings. The molecule has 6 heteroatoms. The number of fused-ring (bicyclic) bond motifs is 1. The second-order valence-corrected chi connectivity index (χ2v) is 5.68. The van der Waals surface area contributed by atoms with Crippen LogP contribution < -0.4 is 5.32 Å². The molecular weight excluding hydrogens is 306 g/mol. The smallest absolute Gasteiger partial charge is 0.269 e. The zero-order chi connectivity index (χ0) is 16.9. The summed E-state index contributed by atoms with van der Waals surface area (Å²) in [6.45, 7) is 1.07. The number of nitrogens with one attached hydrogen (secondary N) is 2. The third kappa shape index (κ3) is 3.61. The normalized spacial score (nSPS) is 12.4. The zero-order valence-corrected chi connectivity index (χ0v) is 13.1. The summed E-state index contributed by atoms with van der Waals surface area (Å²) in [6.07, 6.45) is 2.07. The van der Waals surface area contributed by atoms with E-state index in [0.717, 1.165) is 11.9 Å². The minimum Gasteiger partial charge on any atom is -0.387 e. The Morgan fingerprint density at radius 3 is 2.88 bits per heavy atom. The Hall–Kier alpha value is -2.70. The summed E-state index contributed by atoms with van der Waals surface area (Å²) in [7, 11) is 0. The van der Waals surface area contributed by atoms with E-state index >= 15 is 0 Å². The highest BCUT2D eigenvalue weighted by Crippen LogP contribution is 2.19. The van der Waals surface area contributed by atoms with Gasteiger partial charge in [0.05, 0.1) is 11.0 Å². The number of hydrogen-bond acceptors (Lipinski definition) is 4. The number of aromatic amines is 1. The number of H-pyrrole nitrogens is 1. The molecule has 0 aliphatic carbocycles. The summed E-state index contributed by atoms with van der Waals surface area (Å²) in [5.74, 6) is 0. The molecule has 0 fully saturated rings. The van der Waals surface area contributed by atoms with Gasteiger partial charge in [0.25, 0.3) is 5.69 Å². The number of aliphatic hydroxyl groups is 1. The number of hydrogen-bond donors (Lipinski definition) is 3. The fourth-order valence-electron chi connectivity index (χ4n) is 2.76. The van der Waals surface area contributed by atoms with Crippen LogP contribution in [-0.4, -0.2) is 28.1 Å². The first kappa shape index (κ1) is 16.2. The van der Waals surface area contributed by atoms with E-state index in [1.54, 1.807) is 12.1 Å². The van der Waals surface area contributed by atoms with Crippen molar-refractivity contribution in [2.75, 3.05) is 13.1 Å². The molecule has 0 saturated heterocycles. The Morgan fingerprint density at radius 1 is 1.21 bits per heavy atom. The van der Waals surface area contributed by atoms with Crippen molar-refractivity contribution in [3.63, 3.8) is 0 Å². The molecule has 3 rings (SSSR count). The first-order chi connectivity index (χ1) is 11.6. The molecular formula is C18H19N3O3. The summed E-state index contributed by atoms with van der Waals surface area (Å²) in [4.78, 5) is 13.6. The van der Waals surface area contributed by atoms with Gasteiger partial charge in [-0.25, -0.2) is 0 Å². The monoisotopic (exact) mass is 325 g/mol. The van der Waals surface area contributed by atoms with E-state index in [0.29, 0.717) is 18.7 Å². The first-order valence-corrected chi connectivity index (χ1v) is 7.83. The zero-order valence-electron chi connectivity index (χ0n) is 13.1. The summed E-state index contributed by atoms with van der Waals surface area (Å²) in [5, 5.41) is 25.4. The lowest BCUT2D eigenvalue weighted by atomic mass is 10.1. The third-order valence-corrected chi connectivity index (χ3v) is 4.05. The molecule has 1 heterocycles. The molecule has 0 saturated carbocycles. The lowest BCUT2D eigenvalue weighted by molar-refractivity contribution is -0.385. The van der Waals surface area contributed by atoms with Gasteiger partial charge in [-0.3, -0.25) is 10.1 Å². The number of benzene rings is 2. The van der Waals surface area contributed by atoms with E-state index in [4.69, 9.17) is 0 Å². The molecule has 0 aliphatic rings. The molecule has 24 heavy (non-hydrogen) atoms. The second kappa shape index (κ2) is 7.25. The number of aliphatic hydroxyl groups excluding tert-OH is 1. The number of nitrogens with zero attached hydrogens (tertiary/aromatic N) is 1. The van der Waals surface area contributed by atoms with E-state index in [1.165, 1.54) is 23.1 Å². The minimum atomic E-state index is -0.770. The van der Waals surface area contributed by atoms with Crippen LogP contribution >= 0.6 is 0 Å². The van der Waals surface area contributed by atoms with Gasteiger partial charge in [0, 0.05) is 35.8 Å². The lowest BCUT2D eigenvalue weighted by Crippen LogP contribution is -2.23. The van der Waals surface area contributed by atoms with Crippen molar-refractivity contribution in [1.29, 1.82) is 0 Å². The standard InChI is InChI=1S/C18H19N3O3/c22-18(13-4-3-5-15(10-13)21(23)24)12-19-9-8-14-11-20-17-7-2-1-6-16(14)17/h1-7,10-11,18-20,22H,8-9,12H2/t18-/m1/s1. The van der Waals surface area contributed by atoms with Crippen LogP contribution in [0, 0.1) is 10.1 Å². The molecule has 0 bridgehead atoms. The molecule has 1 atom stereocenters.